The lowest BCUT2D eigenvalue weighted by atomic mass is 10.1. The molecule has 0 aliphatic carbocycles. The molecule has 0 spiro atoms. The van der Waals surface area contributed by atoms with Gasteiger partial charge < -0.3 is 19.8 Å². The third-order valence-corrected chi connectivity index (χ3v) is 2.75. The summed E-state index contributed by atoms with van der Waals surface area (Å²) in [7, 11) is 1.75. The van der Waals surface area contributed by atoms with Gasteiger partial charge in [0, 0.05) is 7.05 Å². The molecule has 98 valence electrons. The molecule has 1 aromatic rings. The fourth-order valence-corrected chi connectivity index (χ4v) is 1.75. The Hall–Kier alpha value is -1.91. The number of ether oxygens (including phenoxy) is 1. The Morgan fingerprint density at radius 2 is 2.44 bits per heavy atom. The van der Waals surface area contributed by atoms with Crippen LogP contribution in [0.5, 0.6) is 0 Å². The molecule has 0 saturated heterocycles. The van der Waals surface area contributed by atoms with E-state index in [1.165, 1.54) is 0 Å². The van der Waals surface area contributed by atoms with Gasteiger partial charge in [-0.1, -0.05) is 0 Å². The van der Waals surface area contributed by atoms with Crippen molar-refractivity contribution >= 4 is 5.96 Å². The Bertz CT molecular complexity index is 398. The molecule has 5 nitrogen and oxygen atoms in total. The molecule has 5 heteroatoms. The number of nitrogens with zero attached hydrogens (tertiary/aromatic N) is 1. The molecule has 1 aliphatic heterocycles. The van der Waals surface area contributed by atoms with Crippen LogP contribution in [0.25, 0.3) is 0 Å². The van der Waals surface area contributed by atoms with Crippen LogP contribution < -0.4 is 10.6 Å². The summed E-state index contributed by atoms with van der Waals surface area (Å²) < 4.78 is 10.7. The monoisotopic (exact) mass is 249 g/mol. The third-order valence-electron chi connectivity index (χ3n) is 2.75. The Kier molecular flexibility index (Phi) is 4.69. The molecule has 18 heavy (non-hydrogen) atoms. The second kappa shape index (κ2) is 6.74. The zero-order chi connectivity index (χ0) is 12.6. The van der Waals surface area contributed by atoms with Crippen LogP contribution in [0.4, 0.5) is 0 Å². The number of aliphatic imine (C=N–C) groups is 1. The highest BCUT2D eigenvalue weighted by molar-refractivity contribution is 5.79. The van der Waals surface area contributed by atoms with Crippen LogP contribution in [-0.4, -0.2) is 25.7 Å². The quantitative estimate of drug-likeness (QED) is 0.629. The number of hydrogen-bond donors (Lipinski definition) is 2. The van der Waals surface area contributed by atoms with Crippen molar-refractivity contribution in [1.29, 1.82) is 0 Å². The second-order valence-electron chi connectivity index (χ2n) is 4.09. The minimum Gasteiger partial charge on any atom is -0.497 e. The first-order valence-corrected chi connectivity index (χ1v) is 6.16. The fraction of sp³-hybridized carbons (Fsp3) is 0.462. The van der Waals surface area contributed by atoms with Crippen LogP contribution in [0.2, 0.25) is 0 Å². The van der Waals surface area contributed by atoms with Crippen molar-refractivity contribution in [3.63, 3.8) is 0 Å². The Morgan fingerprint density at radius 1 is 1.50 bits per heavy atom. The Balaban J connectivity index is 1.70. The normalized spacial score (nSPS) is 19.4. The van der Waals surface area contributed by atoms with E-state index in [0.717, 1.165) is 31.1 Å². The number of nitrogens with one attached hydrogen (secondary N) is 2. The molecule has 0 bridgehead atoms. The Labute approximate surface area is 107 Å². The molecule has 0 aromatic carbocycles. The topological polar surface area (TPSA) is 58.8 Å². The van der Waals surface area contributed by atoms with Crippen molar-refractivity contribution in [3.05, 3.63) is 36.5 Å². The fourth-order valence-electron chi connectivity index (χ4n) is 1.75. The van der Waals surface area contributed by atoms with Crippen molar-refractivity contribution < 1.29 is 9.15 Å². The molecule has 0 amide bonds. The standard InChI is InChI=1S/C13H19N3O2/c1-14-13(16-10-12-6-4-8-18-12)15-9-11-5-2-3-7-17-11/h3-4,6-8,11H,2,5,9-10H2,1H3,(H2,14,15,16). The molecule has 1 aliphatic rings. The van der Waals surface area contributed by atoms with Crippen LogP contribution in [-0.2, 0) is 11.3 Å². The maximum Gasteiger partial charge on any atom is 0.191 e. The van der Waals surface area contributed by atoms with E-state index in [-0.39, 0.29) is 6.10 Å². The SMILES string of the molecule is CN=C(NCc1ccco1)NCC1CCC=CO1. The van der Waals surface area contributed by atoms with Gasteiger partial charge in [0.15, 0.2) is 5.96 Å². The smallest absolute Gasteiger partial charge is 0.191 e. The summed E-state index contributed by atoms with van der Waals surface area (Å²) in [5.74, 6) is 1.64. The van der Waals surface area contributed by atoms with E-state index < -0.39 is 0 Å². The molecule has 0 radical (unpaired) electrons. The number of furan rings is 1. The molecular weight excluding hydrogens is 230 g/mol. The lowest BCUT2D eigenvalue weighted by molar-refractivity contribution is 0.127. The highest BCUT2D eigenvalue weighted by atomic mass is 16.5. The summed E-state index contributed by atoms with van der Waals surface area (Å²) in [6.45, 7) is 1.38. The highest BCUT2D eigenvalue weighted by Crippen LogP contribution is 2.08. The summed E-state index contributed by atoms with van der Waals surface area (Å²) in [5.41, 5.74) is 0. The van der Waals surface area contributed by atoms with Crippen molar-refractivity contribution in [1.82, 2.24) is 10.6 Å². The number of allylic oxidation sites excluding steroid dienone is 1. The van der Waals surface area contributed by atoms with Crippen LogP contribution in [0.15, 0.2) is 40.1 Å². The lowest BCUT2D eigenvalue weighted by Gasteiger charge is -2.21. The average Bonchev–Trinajstić information content (AvgIpc) is 2.93. The zero-order valence-corrected chi connectivity index (χ0v) is 10.6. The van der Waals surface area contributed by atoms with Gasteiger partial charge in [0.25, 0.3) is 0 Å². The molecule has 1 atom stereocenters. The second-order valence-corrected chi connectivity index (χ2v) is 4.09. The number of guanidine groups is 1. The van der Waals surface area contributed by atoms with Crippen LogP contribution >= 0.6 is 0 Å². The lowest BCUT2D eigenvalue weighted by Crippen LogP contribution is -2.41. The van der Waals surface area contributed by atoms with Gasteiger partial charge in [0.1, 0.15) is 11.9 Å². The van der Waals surface area contributed by atoms with Gasteiger partial charge in [0.2, 0.25) is 0 Å². The van der Waals surface area contributed by atoms with Crippen LogP contribution in [0.3, 0.4) is 0 Å². The molecule has 1 aromatic heterocycles. The van der Waals surface area contributed by atoms with Gasteiger partial charge in [-0.2, -0.15) is 0 Å². The van der Waals surface area contributed by atoms with Crippen LogP contribution in [0.1, 0.15) is 18.6 Å². The van der Waals surface area contributed by atoms with Gasteiger partial charge in [-0.15, -0.1) is 0 Å². The summed E-state index contributed by atoms with van der Waals surface area (Å²) >= 11 is 0. The van der Waals surface area contributed by atoms with E-state index in [4.69, 9.17) is 9.15 Å². The molecule has 0 fully saturated rings. The first-order valence-electron chi connectivity index (χ1n) is 6.16. The van der Waals surface area contributed by atoms with E-state index in [9.17, 15) is 0 Å². The van der Waals surface area contributed by atoms with Gasteiger partial charge >= 0.3 is 0 Å². The maximum absolute atomic E-state index is 5.48. The third kappa shape index (κ3) is 3.84. The molecule has 2 N–H and O–H groups in total. The van der Waals surface area contributed by atoms with Gasteiger partial charge in [-0.3, -0.25) is 4.99 Å². The predicted molar refractivity (Wildman–Crippen MR) is 70.2 cm³/mol. The van der Waals surface area contributed by atoms with E-state index in [0.29, 0.717) is 6.54 Å². The summed E-state index contributed by atoms with van der Waals surface area (Å²) in [4.78, 5) is 4.15. The Morgan fingerprint density at radius 3 is 3.11 bits per heavy atom. The van der Waals surface area contributed by atoms with Crippen molar-refractivity contribution in [3.8, 4) is 0 Å². The van der Waals surface area contributed by atoms with Crippen molar-refractivity contribution in [2.24, 2.45) is 4.99 Å². The predicted octanol–water partition coefficient (Wildman–Crippen LogP) is 1.64. The average molecular weight is 249 g/mol. The first kappa shape index (κ1) is 12.5. The highest BCUT2D eigenvalue weighted by Gasteiger charge is 2.11. The van der Waals surface area contributed by atoms with Gasteiger partial charge in [-0.25, -0.2) is 0 Å². The molecule has 2 heterocycles. The zero-order valence-electron chi connectivity index (χ0n) is 10.6. The van der Waals surface area contributed by atoms with Gasteiger partial charge in [-0.05, 0) is 31.1 Å². The maximum atomic E-state index is 5.48. The number of rotatable bonds is 4. The molecular formula is C13H19N3O2. The number of hydrogen-bond acceptors (Lipinski definition) is 3. The van der Waals surface area contributed by atoms with Gasteiger partial charge in [0.05, 0.1) is 25.6 Å². The minimum absolute atomic E-state index is 0.220. The van der Waals surface area contributed by atoms with Crippen LogP contribution in [0, 0.1) is 0 Å². The molecule has 2 rings (SSSR count). The van der Waals surface area contributed by atoms with E-state index >= 15 is 0 Å². The largest absolute Gasteiger partial charge is 0.497 e. The van der Waals surface area contributed by atoms with E-state index in [1.54, 1.807) is 19.6 Å². The molecule has 0 saturated carbocycles. The van der Waals surface area contributed by atoms with Crippen molar-refractivity contribution in [2.75, 3.05) is 13.6 Å². The summed E-state index contributed by atoms with van der Waals surface area (Å²) in [6, 6.07) is 3.80. The summed E-state index contributed by atoms with van der Waals surface area (Å²) in [6.07, 6.45) is 7.81. The molecule has 1 unspecified atom stereocenters. The first-order chi connectivity index (χ1) is 8.88. The van der Waals surface area contributed by atoms with Crippen molar-refractivity contribution in [2.45, 2.75) is 25.5 Å². The van der Waals surface area contributed by atoms with E-state index in [1.807, 2.05) is 18.2 Å². The van der Waals surface area contributed by atoms with E-state index in [2.05, 4.69) is 15.6 Å². The summed E-state index contributed by atoms with van der Waals surface area (Å²) in [5, 5.41) is 6.42. The minimum atomic E-state index is 0.220.